The topological polar surface area (TPSA) is 90.7 Å². The van der Waals surface area contributed by atoms with Crippen molar-refractivity contribution >= 4 is 11.8 Å². The van der Waals surface area contributed by atoms with Gasteiger partial charge in [-0.2, -0.15) is 0 Å². The molecule has 6 heteroatoms. The van der Waals surface area contributed by atoms with E-state index in [-0.39, 0.29) is 12.5 Å². The average molecular weight is 314 g/mol. The van der Waals surface area contributed by atoms with Crippen LogP contribution in [0.2, 0.25) is 0 Å². The quantitative estimate of drug-likeness (QED) is 0.720. The van der Waals surface area contributed by atoms with E-state index in [2.05, 4.69) is 5.32 Å². The zero-order valence-corrected chi connectivity index (χ0v) is 12.5. The number of ether oxygens (including phenoxy) is 2. The lowest BCUT2D eigenvalue weighted by molar-refractivity contribution is -0.119. The Bertz CT molecular complexity index is 659. The van der Waals surface area contributed by atoms with Gasteiger partial charge in [-0.3, -0.25) is 9.59 Å². The molecule has 6 nitrogen and oxygen atoms in total. The molecule has 0 spiro atoms. The summed E-state index contributed by atoms with van der Waals surface area (Å²) in [6.45, 7) is 0.416. The van der Waals surface area contributed by atoms with Crippen molar-refractivity contribution < 1.29 is 19.1 Å². The number of rotatable bonds is 8. The molecule has 3 N–H and O–H groups in total. The Morgan fingerprint density at radius 1 is 0.957 bits per heavy atom. The van der Waals surface area contributed by atoms with E-state index in [4.69, 9.17) is 15.2 Å². The molecule has 2 amide bonds. The molecule has 120 valence electrons. The molecule has 2 aromatic carbocycles. The van der Waals surface area contributed by atoms with Crippen molar-refractivity contribution in [2.75, 3.05) is 19.8 Å². The average Bonchev–Trinajstić information content (AvgIpc) is 2.58. The Kier molecular flexibility index (Phi) is 5.99. The Balaban J connectivity index is 1.84. The molecule has 23 heavy (non-hydrogen) atoms. The summed E-state index contributed by atoms with van der Waals surface area (Å²) in [6, 6.07) is 16.0. The largest absolute Gasteiger partial charge is 0.492 e. The molecule has 0 fully saturated rings. The van der Waals surface area contributed by atoms with E-state index < -0.39 is 5.91 Å². The second-order valence-electron chi connectivity index (χ2n) is 4.67. The Morgan fingerprint density at radius 2 is 1.65 bits per heavy atom. The first-order chi connectivity index (χ1) is 11.2. The van der Waals surface area contributed by atoms with E-state index in [0.717, 1.165) is 5.75 Å². The minimum absolute atomic E-state index is 0.276. The maximum Gasteiger partial charge on any atom is 0.255 e. The van der Waals surface area contributed by atoms with Crippen LogP contribution in [0, 0.1) is 0 Å². The van der Waals surface area contributed by atoms with Crippen LogP contribution >= 0.6 is 0 Å². The van der Waals surface area contributed by atoms with Crippen LogP contribution in [0.3, 0.4) is 0 Å². The molecular weight excluding hydrogens is 296 g/mol. The molecule has 0 bridgehead atoms. The van der Waals surface area contributed by atoms with Gasteiger partial charge in [-0.1, -0.05) is 30.3 Å². The fourth-order valence-corrected chi connectivity index (χ4v) is 1.87. The van der Waals surface area contributed by atoms with Gasteiger partial charge < -0.3 is 20.5 Å². The van der Waals surface area contributed by atoms with Gasteiger partial charge in [0.15, 0.2) is 6.61 Å². The van der Waals surface area contributed by atoms with Gasteiger partial charge in [-0.15, -0.1) is 0 Å². The van der Waals surface area contributed by atoms with Gasteiger partial charge in [0.05, 0.1) is 12.1 Å². The predicted molar refractivity (Wildman–Crippen MR) is 85.4 cm³/mol. The van der Waals surface area contributed by atoms with E-state index in [1.165, 1.54) is 0 Å². The third kappa shape index (κ3) is 5.35. The number of amides is 2. The van der Waals surface area contributed by atoms with Gasteiger partial charge in [-0.05, 0) is 24.3 Å². The number of benzene rings is 2. The second-order valence-corrected chi connectivity index (χ2v) is 4.67. The van der Waals surface area contributed by atoms with Crippen LogP contribution in [0.5, 0.6) is 11.5 Å². The van der Waals surface area contributed by atoms with Crippen LogP contribution in [-0.4, -0.2) is 31.6 Å². The first-order valence-electron chi connectivity index (χ1n) is 7.13. The summed E-state index contributed by atoms with van der Waals surface area (Å²) < 4.78 is 10.7. The zero-order chi connectivity index (χ0) is 16.5. The monoisotopic (exact) mass is 314 g/mol. The second kappa shape index (κ2) is 8.43. The Morgan fingerprint density at radius 3 is 2.39 bits per heavy atom. The Labute approximate surface area is 134 Å². The molecule has 0 unspecified atom stereocenters. The number of carbonyl (C=O) groups is 2. The molecule has 2 aromatic rings. The number of nitrogens with two attached hydrogens (primary N) is 1. The molecule has 0 aliphatic carbocycles. The zero-order valence-electron chi connectivity index (χ0n) is 12.5. The van der Waals surface area contributed by atoms with Gasteiger partial charge in [-0.25, -0.2) is 0 Å². The summed E-state index contributed by atoms with van der Waals surface area (Å²) in [4.78, 5) is 22.9. The number of hydrogen-bond acceptors (Lipinski definition) is 4. The van der Waals surface area contributed by atoms with Crippen molar-refractivity contribution in [3.05, 3.63) is 60.2 Å². The van der Waals surface area contributed by atoms with Crippen LogP contribution < -0.4 is 20.5 Å². The van der Waals surface area contributed by atoms with Gasteiger partial charge in [0.25, 0.3) is 11.8 Å². The lowest BCUT2D eigenvalue weighted by atomic mass is 10.2. The maximum absolute atomic E-state index is 12.2. The lowest BCUT2D eigenvalue weighted by Crippen LogP contribution is -2.29. The summed E-state index contributed by atoms with van der Waals surface area (Å²) in [6.07, 6.45) is 0. The van der Waals surface area contributed by atoms with Crippen LogP contribution in [0.1, 0.15) is 10.4 Å². The lowest BCUT2D eigenvalue weighted by Gasteiger charge is -2.11. The van der Waals surface area contributed by atoms with E-state index in [1.54, 1.807) is 24.3 Å². The number of primary amides is 1. The maximum atomic E-state index is 12.2. The SMILES string of the molecule is NC(=O)COc1ccccc1C(=O)NCCOc1ccccc1. The highest BCUT2D eigenvalue weighted by atomic mass is 16.5. The minimum Gasteiger partial charge on any atom is -0.492 e. The highest BCUT2D eigenvalue weighted by molar-refractivity contribution is 5.97. The van der Waals surface area contributed by atoms with E-state index in [9.17, 15) is 9.59 Å². The molecule has 0 atom stereocenters. The summed E-state index contributed by atoms with van der Waals surface area (Å²) in [7, 11) is 0. The van der Waals surface area contributed by atoms with Crippen LogP contribution in [0.15, 0.2) is 54.6 Å². The van der Waals surface area contributed by atoms with Gasteiger partial charge in [0, 0.05) is 0 Å². The van der Waals surface area contributed by atoms with Gasteiger partial charge in [0.1, 0.15) is 18.1 Å². The summed E-state index contributed by atoms with van der Waals surface area (Å²) >= 11 is 0. The molecule has 2 rings (SSSR count). The summed E-state index contributed by atoms with van der Waals surface area (Å²) in [5.41, 5.74) is 5.38. The third-order valence-corrected chi connectivity index (χ3v) is 2.90. The smallest absolute Gasteiger partial charge is 0.255 e. The minimum atomic E-state index is -0.600. The summed E-state index contributed by atoms with van der Waals surface area (Å²) in [5.74, 6) is 0.151. The first-order valence-corrected chi connectivity index (χ1v) is 7.13. The third-order valence-electron chi connectivity index (χ3n) is 2.90. The Hall–Kier alpha value is -3.02. The fourth-order valence-electron chi connectivity index (χ4n) is 1.87. The van der Waals surface area contributed by atoms with E-state index in [1.807, 2.05) is 30.3 Å². The van der Waals surface area contributed by atoms with Crippen molar-refractivity contribution in [3.63, 3.8) is 0 Å². The molecule has 0 saturated heterocycles. The van der Waals surface area contributed by atoms with Crippen molar-refractivity contribution in [3.8, 4) is 11.5 Å². The van der Waals surface area contributed by atoms with Crippen molar-refractivity contribution in [2.45, 2.75) is 0 Å². The standard InChI is InChI=1S/C17H18N2O4/c18-16(20)12-23-15-9-5-4-8-14(15)17(21)19-10-11-22-13-6-2-1-3-7-13/h1-9H,10-12H2,(H2,18,20)(H,19,21). The fraction of sp³-hybridized carbons (Fsp3) is 0.176. The number of carbonyl (C=O) groups excluding carboxylic acids is 2. The van der Waals surface area contributed by atoms with Crippen molar-refractivity contribution in [1.29, 1.82) is 0 Å². The van der Waals surface area contributed by atoms with Crippen LogP contribution in [0.4, 0.5) is 0 Å². The highest BCUT2D eigenvalue weighted by Gasteiger charge is 2.12. The normalized spacial score (nSPS) is 9.91. The summed E-state index contributed by atoms with van der Waals surface area (Å²) in [5, 5.41) is 2.74. The number of hydrogen-bond donors (Lipinski definition) is 2. The molecular formula is C17H18N2O4. The number of nitrogens with one attached hydrogen (secondary N) is 1. The van der Waals surface area contributed by atoms with Gasteiger partial charge >= 0.3 is 0 Å². The predicted octanol–water partition coefficient (Wildman–Crippen LogP) is 1.36. The molecule has 0 heterocycles. The van der Waals surface area contributed by atoms with E-state index in [0.29, 0.717) is 24.5 Å². The first kappa shape index (κ1) is 16.4. The van der Waals surface area contributed by atoms with Crippen molar-refractivity contribution in [2.24, 2.45) is 5.73 Å². The molecule has 0 saturated carbocycles. The molecule has 0 aromatic heterocycles. The van der Waals surface area contributed by atoms with Crippen LogP contribution in [0.25, 0.3) is 0 Å². The highest BCUT2D eigenvalue weighted by Crippen LogP contribution is 2.17. The van der Waals surface area contributed by atoms with Crippen LogP contribution in [-0.2, 0) is 4.79 Å². The van der Waals surface area contributed by atoms with E-state index >= 15 is 0 Å². The van der Waals surface area contributed by atoms with Crippen molar-refractivity contribution in [1.82, 2.24) is 5.32 Å². The number of para-hydroxylation sites is 2. The molecule has 0 aliphatic heterocycles. The molecule has 0 aliphatic rings. The molecule has 0 radical (unpaired) electrons. The van der Waals surface area contributed by atoms with Gasteiger partial charge in [0.2, 0.25) is 0 Å².